The average molecular weight is 256 g/mol. The third-order valence-corrected chi connectivity index (χ3v) is 2.96. The predicted octanol–water partition coefficient (Wildman–Crippen LogP) is 3.84. The van der Waals surface area contributed by atoms with Gasteiger partial charge >= 0.3 is 0 Å². The van der Waals surface area contributed by atoms with E-state index in [2.05, 4.69) is 10.3 Å². The zero-order valence-corrected chi connectivity index (χ0v) is 10.6. The van der Waals surface area contributed by atoms with E-state index in [-0.39, 0.29) is 15.4 Å². The topological polar surface area (TPSA) is 27.8 Å². The van der Waals surface area contributed by atoms with Crippen LogP contribution in [0.15, 0.2) is 30.5 Å². The lowest BCUT2D eigenvalue weighted by Gasteiger charge is -2.17. The highest BCUT2D eigenvalue weighted by Gasteiger charge is 2.21. The van der Waals surface area contributed by atoms with Gasteiger partial charge in [-0.15, -0.1) is 0 Å². The molecule has 0 spiro atoms. The van der Waals surface area contributed by atoms with Gasteiger partial charge in [-0.3, -0.25) is 0 Å². The minimum atomic E-state index is -2.66. The molecule has 2 rings (SSSR count). The van der Waals surface area contributed by atoms with E-state index in [4.69, 9.17) is 0 Å². The molecule has 2 N–H and O–H groups in total. The summed E-state index contributed by atoms with van der Waals surface area (Å²) >= 11 is 0. The van der Waals surface area contributed by atoms with E-state index in [1.807, 2.05) is 37.4 Å². The molecule has 1 aromatic heterocycles. The number of para-hydroxylation sites is 1. The largest absolute Gasteiger partial charge is 0.361 e. The highest BCUT2D eigenvalue weighted by Crippen LogP contribution is 2.19. The van der Waals surface area contributed by atoms with E-state index in [1.165, 1.54) is 0 Å². The Bertz CT molecular complexity index is 523. The molecular weight excluding hydrogens is 234 g/mol. The van der Waals surface area contributed by atoms with E-state index in [0.29, 0.717) is 0 Å². The molecule has 0 bridgehead atoms. The van der Waals surface area contributed by atoms with Crippen LogP contribution >= 0.6 is 0 Å². The fraction of sp³-hybridized carbons (Fsp3) is 0.429. The van der Waals surface area contributed by atoms with Crippen LogP contribution in [0.1, 0.15) is 22.3 Å². The van der Waals surface area contributed by atoms with Crippen molar-refractivity contribution >= 4 is 10.9 Å². The first-order valence-electron chi connectivity index (χ1n) is 6.12. The van der Waals surface area contributed by atoms with Gasteiger partial charge in [-0.1, -0.05) is 18.2 Å². The Morgan fingerprint density at radius 1 is 1.39 bits per heavy atom. The van der Waals surface area contributed by atoms with Gasteiger partial charge < -0.3 is 10.3 Å². The lowest BCUT2D eigenvalue weighted by molar-refractivity contribution is 0.0204. The van der Waals surface area contributed by atoms with Crippen LogP contribution in [0.2, 0.25) is 0 Å². The molecule has 1 aromatic carbocycles. The lowest BCUT2D eigenvalue weighted by Crippen LogP contribution is -2.37. The Labute approximate surface area is 108 Å². The third-order valence-electron chi connectivity index (χ3n) is 2.96. The van der Waals surface area contributed by atoms with Gasteiger partial charge in [-0.05, 0) is 25.0 Å². The Kier molecular flexibility index (Phi) is 3.66. The lowest BCUT2D eigenvalue weighted by atomic mass is 10.1. The molecule has 18 heavy (non-hydrogen) atoms. The quantitative estimate of drug-likeness (QED) is 0.836. The summed E-state index contributed by atoms with van der Waals surface area (Å²) in [5, 5.41) is 4.02. The zero-order chi connectivity index (χ0) is 13.2. The van der Waals surface area contributed by atoms with Crippen molar-refractivity contribution in [2.75, 3.05) is 6.54 Å². The summed E-state index contributed by atoms with van der Waals surface area (Å²) in [6.45, 7) is 2.57. The van der Waals surface area contributed by atoms with Crippen molar-refractivity contribution in [2.24, 2.45) is 0 Å². The van der Waals surface area contributed by atoms with Crippen LogP contribution < -0.4 is 5.32 Å². The van der Waals surface area contributed by atoms with Crippen molar-refractivity contribution in [3.8, 4) is 0 Å². The van der Waals surface area contributed by atoms with Crippen LogP contribution in [0.3, 0.4) is 0 Å². The second kappa shape index (κ2) is 5.06. The third kappa shape index (κ3) is 3.29. The first kappa shape index (κ1) is 13.0. The molecule has 1 heterocycles. The summed E-state index contributed by atoms with van der Waals surface area (Å²) in [6, 6.07) is 8.04. The van der Waals surface area contributed by atoms with Crippen molar-refractivity contribution in [1.82, 2.24) is 10.3 Å². The highest BCUT2D eigenvalue weighted by molar-refractivity contribution is 5.83. The van der Waals surface area contributed by atoms with Crippen molar-refractivity contribution in [3.05, 3.63) is 36.0 Å². The minimum Gasteiger partial charge on any atom is -0.361 e. The van der Waals surface area contributed by atoms with E-state index in [9.17, 15) is 8.78 Å². The SMILES string of the molecule is C[C@H](Cc1c[nH]c2ccccc12)NCC(C)(F)F.[HH].[HH]. The number of rotatable bonds is 5. The van der Waals surface area contributed by atoms with Crippen LogP contribution in [-0.2, 0) is 6.42 Å². The second-order valence-corrected chi connectivity index (χ2v) is 4.92. The highest BCUT2D eigenvalue weighted by atomic mass is 19.3. The maximum absolute atomic E-state index is 12.7. The summed E-state index contributed by atoms with van der Waals surface area (Å²) in [5.41, 5.74) is 2.24. The maximum atomic E-state index is 12.7. The molecule has 0 radical (unpaired) electrons. The van der Waals surface area contributed by atoms with E-state index in [1.54, 1.807) is 0 Å². The molecule has 0 unspecified atom stereocenters. The van der Waals surface area contributed by atoms with Crippen LogP contribution in [0.25, 0.3) is 10.9 Å². The van der Waals surface area contributed by atoms with Crippen molar-refractivity contribution in [2.45, 2.75) is 32.2 Å². The molecule has 0 aliphatic rings. The van der Waals surface area contributed by atoms with Gasteiger partial charge in [0.1, 0.15) is 0 Å². The van der Waals surface area contributed by atoms with Gasteiger partial charge in [-0.2, -0.15) is 0 Å². The molecule has 0 saturated heterocycles. The molecule has 0 aliphatic carbocycles. The molecule has 2 nitrogen and oxygen atoms in total. The normalized spacial score (nSPS) is 14.0. The number of hydrogen-bond acceptors (Lipinski definition) is 1. The van der Waals surface area contributed by atoms with Gasteiger partial charge in [0.25, 0.3) is 5.92 Å². The number of aromatic nitrogens is 1. The Morgan fingerprint density at radius 3 is 2.83 bits per heavy atom. The number of halogens is 2. The molecular formula is C14H22F2N2. The molecule has 0 saturated carbocycles. The molecule has 4 heteroatoms. The fourth-order valence-corrected chi connectivity index (χ4v) is 2.06. The van der Waals surface area contributed by atoms with Crippen LogP contribution in [0.5, 0.6) is 0 Å². The predicted molar refractivity (Wildman–Crippen MR) is 74.3 cm³/mol. The van der Waals surface area contributed by atoms with Crippen LogP contribution in [-0.4, -0.2) is 23.5 Å². The molecule has 0 fully saturated rings. The minimum absolute atomic E-state index is 0. The standard InChI is InChI=1S/C14H18F2N2.2H2/c1-10(18-9-14(2,15)16)7-11-8-17-13-6-4-3-5-12(11)13;;/h3-6,8,10,17-18H,7,9H2,1-2H3;2*1H/t10-;;/m1../s1. The van der Waals surface area contributed by atoms with Crippen molar-refractivity contribution in [3.63, 3.8) is 0 Å². The molecule has 0 amide bonds. The Hall–Kier alpha value is -1.42. The van der Waals surface area contributed by atoms with Gasteiger partial charge in [0.15, 0.2) is 0 Å². The van der Waals surface area contributed by atoms with Crippen LogP contribution in [0, 0.1) is 0 Å². The molecule has 1 atom stereocenters. The second-order valence-electron chi connectivity index (χ2n) is 4.92. The van der Waals surface area contributed by atoms with Crippen molar-refractivity contribution in [1.29, 1.82) is 0 Å². The summed E-state index contributed by atoms with van der Waals surface area (Å²) in [6.07, 6.45) is 2.69. The van der Waals surface area contributed by atoms with Crippen LogP contribution in [0.4, 0.5) is 8.78 Å². The number of alkyl halides is 2. The van der Waals surface area contributed by atoms with E-state index < -0.39 is 5.92 Å². The molecule has 2 aromatic rings. The first-order chi connectivity index (χ1) is 8.46. The van der Waals surface area contributed by atoms with E-state index >= 15 is 0 Å². The van der Waals surface area contributed by atoms with E-state index in [0.717, 1.165) is 29.8 Å². The van der Waals surface area contributed by atoms with Gasteiger partial charge in [0.2, 0.25) is 0 Å². The number of H-pyrrole nitrogens is 1. The maximum Gasteiger partial charge on any atom is 0.257 e. The summed E-state index contributed by atoms with van der Waals surface area (Å²) < 4.78 is 25.5. The average Bonchev–Trinajstić information content (AvgIpc) is 2.70. The van der Waals surface area contributed by atoms with Gasteiger partial charge in [-0.25, -0.2) is 8.78 Å². The summed E-state index contributed by atoms with van der Waals surface area (Å²) in [5.74, 6) is -2.66. The smallest absolute Gasteiger partial charge is 0.257 e. The summed E-state index contributed by atoms with van der Waals surface area (Å²) in [7, 11) is 0. The molecule has 0 aliphatic heterocycles. The van der Waals surface area contributed by atoms with Crippen molar-refractivity contribution < 1.29 is 11.6 Å². The monoisotopic (exact) mass is 256 g/mol. The number of aromatic amines is 1. The number of hydrogen-bond donors (Lipinski definition) is 2. The summed E-state index contributed by atoms with van der Waals surface area (Å²) in [4.78, 5) is 3.19. The fourth-order valence-electron chi connectivity index (χ4n) is 2.06. The van der Waals surface area contributed by atoms with Gasteiger partial charge in [0.05, 0.1) is 6.54 Å². The first-order valence-corrected chi connectivity index (χ1v) is 6.12. The number of nitrogens with one attached hydrogen (secondary N) is 2. The Balaban J connectivity index is 0.00000180. The van der Waals surface area contributed by atoms with Gasteiger partial charge in [0, 0.05) is 32.9 Å². The Morgan fingerprint density at radius 2 is 2.11 bits per heavy atom. The molecule has 102 valence electrons. The number of fused-ring (bicyclic) bond motifs is 1. The number of benzene rings is 1. The zero-order valence-electron chi connectivity index (χ0n) is 10.6.